The number of pyridine rings is 1. The Hall–Kier alpha value is -3.33. The van der Waals surface area contributed by atoms with E-state index in [0.29, 0.717) is 17.2 Å². The van der Waals surface area contributed by atoms with Gasteiger partial charge in [-0.2, -0.15) is 0 Å². The number of carbonyl (C=O) groups is 1. The highest BCUT2D eigenvalue weighted by atomic mass is 32.1. The number of carbonyl (C=O) groups excluding carboxylic acids is 1. The lowest BCUT2D eigenvalue weighted by Crippen LogP contribution is -2.30. The second-order valence-electron chi connectivity index (χ2n) is 7.63. The molecule has 8 nitrogen and oxygen atoms in total. The molecule has 0 radical (unpaired) electrons. The Balaban J connectivity index is 1.36. The fourth-order valence-electron chi connectivity index (χ4n) is 4.22. The van der Waals surface area contributed by atoms with Gasteiger partial charge in [-0.05, 0) is 36.8 Å². The average Bonchev–Trinajstić information content (AvgIpc) is 3.36. The Kier molecular flexibility index (Phi) is 5.11. The Morgan fingerprint density at radius 2 is 1.84 bits per heavy atom. The summed E-state index contributed by atoms with van der Waals surface area (Å²) in [5.41, 5.74) is 15.4. The van der Waals surface area contributed by atoms with Gasteiger partial charge in [0.1, 0.15) is 16.3 Å². The minimum Gasteiger partial charge on any atom is -0.476 e. The minimum absolute atomic E-state index is 0.377. The minimum atomic E-state index is -0.508. The monoisotopic (exact) mass is 436 g/mol. The second kappa shape index (κ2) is 8.07. The number of benzene rings is 1. The molecule has 0 atom stereocenters. The number of nitrogen functional groups attached to an aromatic ring is 1. The van der Waals surface area contributed by atoms with E-state index in [9.17, 15) is 4.79 Å². The molecule has 0 aliphatic carbocycles. The van der Waals surface area contributed by atoms with E-state index in [1.165, 1.54) is 17.0 Å². The number of nitrogens with two attached hydrogens (primary N) is 2. The zero-order chi connectivity index (χ0) is 21.4. The largest absolute Gasteiger partial charge is 0.476 e. The van der Waals surface area contributed by atoms with Crippen LogP contribution in [0.15, 0.2) is 41.5 Å². The summed E-state index contributed by atoms with van der Waals surface area (Å²) in [6.07, 6.45) is 2.78. The first-order valence-electron chi connectivity index (χ1n) is 10.4. The van der Waals surface area contributed by atoms with Crippen LogP contribution in [0.2, 0.25) is 0 Å². The average molecular weight is 437 g/mol. The van der Waals surface area contributed by atoms with Crippen LogP contribution in [0.4, 0.5) is 17.1 Å². The van der Waals surface area contributed by atoms with Gasteiger partial charge in [-0.3, -0.25) is 4.79 Å². The highest BCUT2D eigenvalue weighted by Gasteiger charge is 2.22. The van der Waals surface area contributed by atoms with Gasteiger partial charge in [0, 0.05) is 43.6 Å². The van der Waals surface area contributed by atoms with E-state index in [1.54, 1.807) is 6.20 Å². The third-order valence-electron chi connectivity index (χ3n) is 5.73. The van der Waals surface area contributed by atoms with E-state index in [2.05, 4.69) is 44.0 Å². The Morgan fingerprint density at radius 1 is 1.06 bits per heavy atom. The summed E-state index contributed by atoms with van der Waals surface area (Å²) in [6, 6.07) is 10.4. The van der Waals surface area contributed by atoms with Crippen molar-refractivity contribution in [3.63, 3.8) is 0 Å². The van der Waals surface area contributed by atoms with Crippen LogP contribution >= 0.6 is 11.3 Å². The van der Waals surface area contributed by atoms with E-state index < -0.39 is 5.91 Å². The normalized spacial score (nSPS) is 16.8. The summed E-state index contributed by atoms with van der Waals surface area (Å²) in [4.78, 5) is 26.4. The quantitative estimate of drug-likeness (QED) is 0.650. The molecule has 2 aromatic heterocycles. The van der Waals surface area contributed by atoms with Crippen molar-refractivity contribution in [2.24, 2.45) is 10.7 Å². The molecule has 1 saturated heterocycles. The molecular formula is C22H24N6O2S. The zero-order valence-corrected chi connectivity index (χ0v) is 17.9. The number of fused-ring (bicyclic) bond motifs is 1. The zero-order valence-electron chi connectivity index (χ0n) is 17.1. The predicted molar refractivity (Wildman–Crippen MR) is 125 cm³/mol. The van der Waals surface area contributed by atoms with E-state index in [1.807, 2.05) is 6.07 Å². The fourth-order valence-corrected chi connectivity index (χ4v) is 5.15. The lowest BCUT2D eigenvalue weighted by atomic mass is 10.2. The highest BCUT2D eigenvalue weighted by molar-refractivity contribution is 7.21. The first-order chi connectivity index (χ1) is 15.1. The van der Waals surface area contributed by atoms with E-state index in [-0.39, 0.29) is 0 Å². The number of thiophene rings is 1. The molecular weight excluding hydrogens is 412 g/mol. The molecule has 0 bridgehead atoms. The van der Waals surface area contributed by atoms with Crippen molar-refractivity contribution < 1.29 is 9.53 Å². The molecule has 31 heavy (non-hydrogen) atoms. The van der Waals surface area contributed by atoms with Gasteiger partial charge < -0.3 is 26.0 Å². The van der Waals surface area contributed by atoms with Crippen molar-refractivity contribution in [2.75, 3.05) is 54.9 Å². The summed E-state index contributed by atoms with van der Waals surface area (Å²) in [5, 5.41) is 0.830. The molecule has 0 saturated carbocycles. The number of hydrogen-bond donors (Lipinski definition) is 2. The number of hydrogen-bond acceptors (Lipinski definition) is 8. The van der Waals surface area contributed by atoms with Gasteiger partial charge in [0.05, 0.1) is 23.3 Å². The Morgan fingerprint density at radius 3 is 2.58 bits per heavy atom. The number of rotatable bonds is 4. The molecule has 3 aromatic rings. The van der Waals surface area contributed by atoms with Crippen LogP contribution in [0.3, 0.4) is 0 Å². The highest BCUT2D eigenvalue weighted by Crippen LogP contribution is 2.38. The standard InChI is InChI=1S/C22H24N6O2S/c23-18-17-16(6-7-26-22(17)31-19(18)20(24)29)28-10-1-9-27(11-12-28)15-4-2-14(3-5-15)21-25-8-13-30-21/h2-7H,1,8-13,23H2,(H2,24,29). The molecule has 160 valence electrons. The Bertz CT molecular complexity index is 1160. The van der Waals surface area contributed by atoms with Crippen LogP contribution in [0.5, 0.6) is 0 Å². The molecule has 2 aliphatic heterocycles. The topological polar surface area (TPSA) is 110 Å². The smallest absolute Gasteiger partial charge is 0.260 e. The van der Waals surface area contributed by atoms with Crippen molar-refractivity contribution in [1.82, 2.24) is 4.98 Å². The molecule has 0 spiro atoms. The van der Waals surface area contributed by atoms with Crippen LogP contribution in [-0.4, -0.2) is 56.1 Å². The SMILES string of the molecule is NC(=O)c1sc2nccc(N3CCCN(c4ccc(C5=NCCO5)cc4)CC3)c2c1N. The summed E-state index contributed by atoms with van der Waals surface area (Å²) in [5.74, 6) is 0.227. The van der Waals surface area contributed by atoms with Gasteiger partial charge in [-0.15, -0.1) is 11.3 Å². The van der Waals surface area contributed by atoms with Gasteiger partial charge >= 0.3 is 0 Å². The molecule has 5 rings (SSSR count). The number of ether oxygens (including phenoxy) is 1. The Labute approximate surface area is 184 Å². The molecule has 1 fully saturated rings. The van der Waals surface area contributed by atoms with E-state index >= 15 is 0 Å². The van der Waals surface area contributed by atoms with Gasteiger partial charge in [-0.1, -0.05) is 0 Å². The van der Waals surface area contributed by atoms with Gasteiger partial charge in [0.2, 0.25) is 5.90 Å². The lowest BCUT2D eigenvalue weighted by molar-refractivity contribution is 0.100. The number of aliphatic imine (C=N–C) groups is 1. The summed E-state index contributed by atoms with van der Waals surface area (Å²) in [7, 11) is 0. The van der Waals surface area contributed by atoms with Crippen molar-refractivity contribution >= 4 is 50.4 Å². The lowest BCUT2D eigenvalue weighted by Gasteiger charge is -2.25. The van der Waals surface area contributed by atoms with Crippen molar-refractivity contribution in [2.45, 2.75) is 6.42 Å². The summed E-state index contributed by atoms with van der Waals surface area (Å²) >= 11 is 1.26. The molecule has 0 unspecified atom stereocenters. The third kappa shape index (κ3) is 3.65. The van der Waals surface area contributed by atoms with Crippen molar-refractivity contribution in [3.05, 3.63) is 47.0 Å². The molecule has 9 heteroatoms. The van der Waals surface area contributed by atoms with E-state index in [4.69, 9.17) is 16.2 Å². The molecule has 1 aromatic carbocycles. The predicted octanol–water partition coefficient (Wildman–Crippen LogP) is 2.47. The number of nitrogens with zero attached hydrogens (tertiary/aromatic N) is 4. The first-order valence-corrected chi connectivity index (χ1v) is 11.2. The molecule has 1 amide bonds. The van der Waals surface area contributed by atoms with Crippen LogP contribution in [-0.2, 0) is 4.74 Å². The summed E-state index contributed by atoms with van der Waals surface area (Å²) in [6.45, 7) is 4.99. The fraction of sp³-hybridized carbons (Fsp3) is 0.318. The van der Waals surface area contributed by atoms with Gasteiger partial charge in [0.15, 0.2) is 0 Å². The van der Waals surface area contributed by atoms with E-state index in [0.717, 1.165) is 66.5 Å². The van der Waals surface area contributed by atoms with Crippen LogP contribution in [0, 0.1) is 0 Å². The third-order valence-corrected chi connectivity index (χ3v) is 6.86. The maximum Gasteiger partial charge on any atom is 0.260 e. The van der Waals surface area contributed by atoms with Crippen LogP contribution in [0.25, 0.3) is 10.2 Å². The number of aromatic nitrogens is 1. The number of anilines is 3. The number of amides is 1. The van der Waals surface area contributed by atoms with Crippen LogP contribution in [0.1, 0.15) is 21.7 Å². The maximum atomic E-state index is 11.7. The van der Waals surface area contributed by atoms with Gasteiger partial charge in [0.25, 0.3) is 5.91 Å². The van der Waals surface area contributed by atoms with Crippen molar-refractivity contribution in [1.29, 1.82) is 0 Å². The van der Waals surface area contributed by atoms with Crippen LogP contribution < -0.4 is 21.3 Å². The second-order valence-corrected chi connectivity index (χ2v) is 8.63. The van der Waals surface area contributed by atoms with Gasteiger partial charge in [-0.25, -0.2) is 9.98 Å². The first kappa shape index (κ1) is 19.6. The summed E-state index contributed by atoms with van der Waals surface area (Å²) < 4.78 is 5.55. The van der Waals surface area contributed by atoms with Crippen molar-refractivity contribution in [3.8, 4) is 0 Å². The molecule has 2 aliphatic rings. The maximum absolute atomic E-state index is 11.7. The number of primary amides is 1. The molecule has 4 heterocycles. The molecule has 4 N–H and O–H groups in total.